The van der Waals surface area contributed by atoms with Crippen LogP contribution in [0.25, 0.3) is 17.5 Å². The molecule has 130 valence electrons. The first-order valence-electron chi connectivity index (χ1n) is 7.44. The quantitative estimate of drug-likeness (QED) is 0.298. The monoisotopic (exact) mass is 385 g/mol. The number of hydrogen-bond donors (Lipinski definition) is 1. The molecule has 2 aromatic carbocycles. The Balaban J connectivity index is 1.89. The maximum absolute atomic E-state index is 11.0. The highest BCUT2D eigenvalue weighted by atomic mass is 35.5. The van der Waals surface area contributed by atoms with E-state index in [2.05, 4.69) is 15.3 Å². The van der Waals surface area contributed by atoms with E-state index < -0.39 is 4.92 Å². The molecule has 0 saturated carbocycles. The predicted molar refractivity (Wildman–Crippen MR) is 104 cm³/mol. The van der Waals surface area contributed by atoms with Crippen LogP contribution in [0, 0.1) is 14.9 Å². The van der Waals surface area contributed by atoms with E-state index in [0.717, 1.165) is 0 Å². The van der Waals surface area contributed by atoms with Crippen LogP contribution in [-0.2, 0) is 0 Å². The Bertz CT molecular complexity index is 1070. The van der Waals surface area contributed by atoms with Crippen molar-refractivity contribution in [2.75, 3.05) is 0 Å². The fourth-order valence-electron chi connectivity index (χ4n) is 2.26. The van der Waals surface area contributed by atoms with E-state index in [1.807, 2.05) is 18.2 Å². The molecule has 1 N–H and O–H groups in total. The molecule has 0 atom stereocenters. The summed E-state index contributed by atoms with van der Waals surface area (Å²) in [6.07, 6.45) is 4.66. The van der Waals surface area contributed by atoms with Crippen LogP contribution in [0.3, 0.4) is 0 Å². The number of para-hydroxylation sites is 1. The Labute approximate surface area is 158 Å². The first-order chi connectivity index (χ1) is 12.6. The fourth-order valence-corrected chi connectivity index (χ4v) is 2.66. The van der Waals surface area contributed by atoms with E-state index in [4.69, 9.17) is 23.8 Å². The normalized spacial score (nSPS) is 11.4. The summed E-state index contributed by atoms with van der Waals surface area (Å²) in [7, 11) is 0. The van der Waals surface area contributed by atoms with Crippen molar-refractivity contribution in [2.24, 2.45) is 5.10 Å². The van der Waals surface area contributed by atoms with Gasteiger partial charge in [0.15, 0.2) is 5.82 Å². The Morgan fingerprint density at radius 3 is 2.73 bits per heavy atom. The molecule has 0 aliphatic carbocycles. The molecule has 0 aliphatic rings. The lowest BCUT2D eigenvalue weighted by atomic mass is 10.2. The standard InChI is InChI=1S/C17H12ClN5O2S/c18-14-9-3-2-8-13(14)16-20-21-17(26)22(16)19-11-5-7-12-6-1-4-10-15(12)23(24)25/h1-11H,(H,21,26)/b7-5+,19-11+. The highest BCUT2D eigenvalue weighted by Crippen LogP contribution is 2.25. The molecule has 9 heteroatoms. The van der Waals surface area contributed by atoms with Gasteiger partial charge >= 0.3 is 0 Å². The Morgan fingerprint density at radius 2 is 1.96 bits per heavy atom. The Hall–Kier alpha value is -3.10. The van der Waals surface area contributed by atoms with Crippen LogP contribution in [-0.4, -0.2) is 26.0 Å². The highest BCUT2D eigenvalue weighted by Gasteiger charge is 2.11. The molecular formula is C17H12ClN5O2S. The van der Waals surface area contributed by atoms with E-state index in [9.17, 15) is 10.1 Å². The van der Waals surface area contributed by atoms with Gasteiger partial charge in [-0.2, -0.15) is 14.9 Å². The summed E-state index contributed by atoms with van der Waals surface area (Å²) in [5.41, 5.74) is 1.18. The van der Waals surface area contributed by atoms with Gasteiger partial charge in [-0.05, 0) is 42.6 Å². The average Bonchev–Trinajstić information content (AvgIpc) is 3.00. The van der Waals surface area contributed by atoms with Gasteiger partial charge in [0.05, 0.1) is 15.5 Å². The van der Waals surface area contributed by atoms with Crippen molar-refractivity contribution in [3.8, 4) is 11.4 Å². The van der Waals surface area contributed by atoms with E-state index in [1.54, 1.807) is 36.4 Å². The molecule has 0 unspecified atom stereocenters. The largest absolute Gasteiger partial charge is 0.276 e. The lowest BCUT2D eigenvalue weighted by molar-refractivity contribution is -0.385. The maximum Gasteiger partial charge on any atom is 0.276 e. The fraction of sp³-hybridized carbons (Fsp3) is 0. The number of benzene rings is 2. The Morgan fingerprint density at radius 1 is 1.23 bits per heavy atom. The highest BCUT2D eigenvalue weighted by molar-refractivity contribution is 7.71. The van der Waals surface area contributed by atoms with Crippen LogP contribution in [0.4, 0.5) is 5.69 Å². The van der Waals surface area contributed by atoms with Crippen LogP contribution < -0.4 is 0 Å². The molecule has 0 fully saturated rings. The third kappa shape index (κ3) is 3.76. The molecule has 0 bridgehead atoms. The number of nitro groups is 1. The zero-order valence-electron chi connectivity index (χ0n) is 13.2. The van der Waals surface area contributed by atoms with Gasteiger partial charge in [0.2, 0.25) is 4.77 Å². The molecule has 3 rings (SSSR count). The summed E-state index contributed by atoms with van der Waals surface area (Å²) in [4.78, 5) is 10.6. The summed E-state index contributed by atoms with van der Waals surface area (Å²) in [5, 5.41) is 22.6. The second kappa shape index (κ2) is 7.85. The molecule has 0 radical (unpaired) electrons. The number of aromatic amines is 1. The summed E-state index contributed by atoms with van der Waals surface area (Å²) in [6, 6.07) is 13.6. The van der Waals surface area contributed by atoms with Crippen molar-refractivity contribution in [1.82, 2.24) is 14.9 Å². The number of aromatic nitrogens is 3. The molecule has 1 aromatic heterocycles. The average molecular weight is 386 g/mol. The molecule has 7 nitrogen and oxygen atoms in total. The first-order valence-corrected chi connectivity index (χ1v) is 8.23. The van der Waals surface area contributed by atoms with E-state index in [1.165, 1.54) is 17.0 Å². The van der Waals surface area contributed by atoms with Crippen molar-refractivity contribution in [3.63, 3.8) is 0 Å². The summed E-state index contributed by atoms with van der Waals surface area (Å²) in [6.45, 7) is 0. The van der Waals surface area contributed by atoms with Crippen molar-refractivity contribution >= 4 is 41.8 Å². The number of H-pyrrole nitrogens is 1. The summed E-state index contributed by atoms with van der Waals surface area (Å²) >= 11 is 11.4. The predicted octanol–water partition coefficient (Wildman–Crippen LogP) is 4.72. The second-order valence-corrected chi connectivity index (χ2v) is 5.88. The minimum atomic E-state index is -0.432. The van der Waals surface area contributed by atoms with Gasteiger partial charge in [-0.1, -0.05) is 35.9 Å². The van der Waals surface area contributed by atoms with Crippen LogP contribution in [0.1, 0.15) is 5.56 Å². The molecule has 0 spiro atoms. The topological polar surface area (TPSA) is 89.1 Å². The smallest absolute Gasteiger partial charge is 0.258 e. The lowest BCUT2D eigenvalue weighted by Crippen LogP contribution is -1.94. The number of hydrogen-bond acceptors (Lipinski definition) is 5. The van der Waals surface area contributed by atoms with Crippen LogP contribution in [0.2, 0.25) is 5.02 Å². The van der Waals surface area contributed by atoms with E-state index in [-0.39, 0.29) is 5.69 Å². The zero-order chi connectivity index (χ0) is 18.5. The van der Waals surface area contributed by atoms with Crippen molar-refractivity contribution < 1.29 is 4.92 Å². The summed E-state index contributed by atoms with van der Waals surface area (Å²) < 4.78 is 1.73. The van der Waals surface area contributed by atoms with Gasteiger partial charge in [0.1, 0.15) is 0 Å². The van der Waals surface area contributed by atoms with Gasteiger partial charge in [-0.15, -0.1) is 0 Å². The second-order valence-electron chi connectivity index (χ2n) is 5.08. The minimum absolute atomic E-state index is 0.0221. The number of nitro benzene ring substituents is 1. The number of rotatable bonds is 5. The first kappa shape index (κ1) is 17.7. The number of halogens is 1. The number of allylic oxidation sites excluding steroid dienone is 1. The van der Waals surface area contributed by atoms with Gasteiger partial charge in [-0.25, -0.2) is 5.10 Å². The molecule has 1 heterocycles. The zero-order valence-corrected chi connectivity index (χ0v) is 14.8. The molecule has 26 heavy (non-hydrogen) atoms. The third-order valence-corrected chi connectivity index (χ3v) is 4.04. The van der Waals surface area contributed by atoms with Crippen LogP contribution in [0.15, 0.2) is 59.7 Å². The Kier molecular flexibility index (Phi) is 5.35. The molecule has 0 amide bonds. The SMILES string of the molecule is O=[N+]([O-])c1ccccc1/C=C/C=N/n1c(-c2ccccc2Cl)n[nH]c1=S. The number of nitrogens with zero attached hydrogens (tertiary/aromatic N) is 4. The van der Waals surface area contributed by atoms with Crippen molar-refractivity contribution in [3.05, 3.63) is 80.1 Å². The third-order valence-electron chi connectivity index (χ3n) is 3.44. The van der Waals surface area contributed by atoms with Crippen LogP contribution in [0.5, 0.6) is 0 Å². The molecule has 0 saturated heterocycles. The van der Waals surface area contributed by atoms with Gasteiger partial charge in [0.25, 0.3) is 5.69 Å². The lowest BCUT2D eigenvalue weighted by Gasteiger charge is -2.02. The van der Waals surface area contributed by atoms with Gasteiger partial charge in [-0.3, -0.25) is 10.1 Å². The van der Waals surface area contributed by atoms with E-state index >= 15 is 0 Å². The van der Waals surface area contributed by atoms with Crippen molar-refractivity contribution in [1.29, 1.82) is 0 Å². The minimum Gasteiger partial charge on any atom is -0.258 e. The molecular weight excluding hydrogens is 374 g/mol. The van der Waals surface area contributed by atoms with Crippen molar-refractivity contribution in [2.45, 2.75) is 0 Å². The van der Waals surface area contributed by atoms with E-state index in [0.29, 0.717) is 26.7 Å². The molecule has 3 aromatic rings. The molecule has 0 aliphatic heterocycles. The van der Waals surface area contributed by atoms with Gasteiger partial charge < -0.3 is 0 Å². The van der Waals surface area contributed by atoms with Crippen LogP contribution >= 0.6 is 23.8 Å². The summed E-state index contributed by atoms with van der Waals surface area (Å²) in [5.74, 6) is 0.468. The van der Waals surface area contributed by atoms with Gasteiger partial charge in [0, 0.05) is 17.8 Å². The maximum atomic E-state index is 11.0. The number of nitrogens with one attached hydrogen (secondary N) is 1.